The molecule has 98 valence electrons. The Labute approximate surface area is 108 Å². The van der Waals surface area contributed by atoms with E-state index in [1.54, 1.807) is 6.33 Å². The average Bonchev–Trinajstić information content (AvgIpc) is 2.39. The summed E-state index contributed by atoms with van der Waals surface area (Å²) in [5, 5.41) is 3.43. The van der Waals surface area contributed by atoms with Gasteiger partial charge in [0.05, 0.1) is 17.3 Å². The zero-order valence-corrected chi connectivity index (χ0v) is 10.9. The van der Waals surface area contributed by atoms with Crippen molar-refractivity contribution in [3.8, 4) is 0 Å². The molecule has 4 heteroatoms. The van der Waals surface area contributed by atoms with Crippen molar-refractivity contribution < 1.29 is 4.74 Å². The fraction of sp³-hybridized carbons (Fsp3) is 0.714. The van der Waals surface area contributed by atoms with E-state index in [-0.39, 0.29) is 5.60 Å². The molecule has 1 aromatic heterocycles. The van der Waals surface area contributed by atoms with Gasteiger partial charge >= 0.3 is 0 Å². The highest BCUT2D eigenvalue weighted by atomic mass is 16.5. The molecule has 1 spiro atoms. The third-order valence-electron chi connectivity index (χ3n) is 4.50. The van der Waals surface area contributed by atoms with Crippen LogP contribution in [0.5, 0.6) is 0 Å². The van der Waals surface area contributed by atoms with Gasteiger partial charge in [0.15, 0.2) is 0 Å². The van der Waals surface area contributed by atoms with Crippen molar-refractivity contribution in [2.45, 2.75) is 43.7 Å². The van der Waals surface area contributed by atoms with E-state index in [9.17, 15) is 0 Å². The summed E-state index contributed by atoms with van der Waals surface area (Å²) in [5.74, 6) is 0.624. The molecular weight excluding hydrogens is 226 g/mol. The van der Waals surface area contributed by atoms with Crippen LogP contribution in [0.2, 0.25) is 0 Å². The van der Waals surface area contributed by atoms with E-state index in [0.717, 1.165) is 18.7 Å². The molecule has 0 bridgehead atoms. The lowest BCUT2D eigenvalue weighted by Gasteiger charge is -2.48. The quantitative estimate of drug-likeness (QED) is 0.888. The van der Waals surface area contributed by atoms with Crippen LogP contribution in [-0.4, -0.2) is 29.2 Å². The van der Waals surface area contributed by atoms with E-state index in [1.165, 1.54) is 25.7 Å². The topological polar surface area (TPSA) is 47.0 Å². The molecule has 1 saturated heterocycles. The maximum absolute atomic E-state index is 6.00. The smallest absolute Gasteiger partial charge is 0.115 e. The molecule has 2 unspecified atom stereocenters. The molecule has 1 saturated carbocycles. The minimum absolute atomic E-state index is 0.199. The average molecular weight is 247 g/mol. The minimum atomic E-state index is 0.199. The van der Waals surface area contributed by atoms with Crippen molar-refractivity contribution in [1.29, 1.82) is 0 Å². The van der Waals surface area contributed by atoms with Crippen LogP contribution in [-0.2, 0) is 4.74 Å². The summed E-state index contributed by atoms with van der Waals surface area (Å²) >= 11 is 0. The van der Waals surface area contributed by atoms with Crippen molar-refractivity contribution in [3.05, 3.63) is 24.3 Å². The summed E-state index contributed by atoms with van der Waals surface area (Å²) < 4.78 is 6.00. The molecule has 1 aliphatic heterocycles. The Hall–Kier alpha value is -1.00. The lowest BCUT2D eigenvalue weighted by atomic mass is 9.70. The monoisotopic (exact) mass is 247 g/mol. The van der Waals surface area contributed by atoms with Crippen LogP contribution in [0.25, 0.3) is 0 Å². The third kappa shape index (κ3) is 2.15. The Morgan fingerprint density at radius 1 is 1.50 bits per heavy atom. The molecule has 2 aliphatic rings. The number of hydrogen-bond acceptors (Lipinski definition) is 4. The molecule has 2 fully saturated rings. The van der Waals surface area contributed by atoms with Crippen LogP contribution in [0, 0.1) is 5.92 Å². The first-order chi connectivity index (χ1) is 8.83. The molecular formula is C14H21N3O. The van der Waals surface area contributed by atoms with Gasteiger partial charge in [-0.2, -0.15) is 0 Å². The summed E-state index contributed by atoms with van der Waals surface area (Å²) in [6, 6.07) is 2.35. The van der Waals surface area contributed by atoms with Gasteiger partial charge in [-0.25, -0.2) is 9.97 Å². The van der Waals surface area contributed by atoms with Crippen LogP contribution < -0.4 is 5.32 Å². The molecule has 18 heavy (non-hydrogen) atoms. The first-order valence-corrected chi connectivity index (χ1v) is 6.90. The van der Waals surface area contributed by atoms with Crippen LogP contribution >= 0.6 is 0 Å². The molecule has 2 heterocycles. The number of ether oxygens (including phenoxy) is 1. The Morgan fingerprint density at radius 2 is 2.39 bits per heavy atom. The van der Waals surface area contributed by atoms with E-state index in [2.05, 4.69) is 15.3 Å². The van der Waals surface area contributed by atoms with Gasteiger partial charge in [0, 0.05) is 12.8 Å². The van der Waals surface area contributed by atoms with E-state index < -0.39 is 0 Å². The van der Waals surface area contributed by atoms with Gasteiger partial charge in [0.1, 0.15) is 6.33 Å². The first kappa shape index (κ1) is 12.1. The van der Waals surface area contributed by atoms with E-state index in [4.69, 9.17) is 4.74 Å². The highest BCUT2D eigenvalue weighted by Crippen LogP contribution is 2.46. The zero-order valence-electron chi connectivity index (χ0n) is 10.9. The van der Waals surface area contributed by atoms with Gasteiger partial charge in [-0.1, -0.05) is 0 Å². The fourth-order valence-electron chi connectivity index (χ4n) is 3.38. The predicted molar refractivity (Wildman–Crippen MR) is 69.1 cm³/mol. The summed E-state index contributed by atoms with van der Waals surface area (Å²) in [6.07, 6.45) is 9.56. The minimum Gasteiger partial charge on any atom is -0.375 e. The Bertz CT molecular complexity index is 391. The SMILES string of the molecule is CNC(c1ccncn1)C1CCOC2(CCC2)C1. The number of nitrogens with one attached hydrogen (secondary N) is 1. The Kier molecular flexibility index (Phi) is 3.31. The van der Waals surface area contributed by atoms with Crippen molar-refractivity contribution in [2.24, 2.45) is 5.92 Å². The summed E-state index contributed by atoms with van der Waals surface area (Å²) in [7, 11) is 2.02. The zero-order chi connectivity index (χ0) is 12.4. The molecule has 1 aliphatic carbocycles. The summed E-state index contributed by atoms with van der Waals surface area (Å²) in [5.41, 5.74) is 1.30. The van der Waals surface area contributed by atoms with Crippen LogP contribution in [0.3, 0.4) is 0 Å². The maximum atomic E-state index is 6.00. The molecule has 0 amide bonds. The standard InChI is InChI=1S/C14H21N3O/c1-15-13(12-3-7-16-10-17-12)11-4-8-18-14(9-11)5-2-6-14/h3,7,10-11,13,15H,2,4-6,8-9H2,1H3. The van der Waals surface area contributed by atoms with Gasteiger partial charge in [-0.3, -0.25) is 0 Å². The summed E-state index contributed by atoms with van der Waals surface area (Å²) in [6.45, 7) is 0.897. The van der Waals surface area contributed by atoms with Crippen molar-refractivity contribution in [3.63, 3.8) is 0 Å². The van der Waals surface area contributed by atoms with Gasteiger partial charge in [-0.15, -0.1) is 0 Å². The van der Waals surface area contributed by atoms with Crippen molar-refractivity contribution in [2.75, 3.05) is 13.7 Å². The molecule has 2 atom stereocenters. The van der Waals surface area contributed by atoms with E-state index in [1.807, 2.05) is 19.3 Å². The number of aromatic nitrogens is 2. The number of rotatable bonds is 3. The van der Waals surface area contributed by atoms with Crippen LogP contribution in [0.1, 0.15) is 43.8 Å². The third-order valence-corrected chi connectivity index (χ3v) is 4.50. The second-order valence-electron chi connectivity index (χ2n) is 5.54. The Balaban J connectivity index is 1.75. The molecule has 1 N–H and O–H groups in total. The lowest BCUT2D eigenvalue weighted by molar-refractivity contribution is -0.147. The van der Waals surface area contributed by atoms with Crippen molar-refractivity contribution in [1.82, 2.24) is 15.3 Å². The molecule has 3 rings (SSSR count). The molecule has 1 aromatic rings. The van der Waals surface area contributed by atoms with Gasteiger partial charge in [0.25, 0.3) is 0 Å². The van der Waals surface area contributed by atoms with E-state index >= 15 is 0 Å². The highest BCUT2D eigenvalue weighted by molar-refractivity contribution is 5.08. The number of nitrogens with zero attached hydrogens (tertiary/aromatic N) is 2. The maximum Gasteiger partial charge on any atom is 0.115 e. The van der Waals surface area contributed by atoms with E-state index in [0.29, 0.717) is 12.0 Å². The second-order valence-corrected chi connectivity index (χ2v) is 5.54. The van der Waals surface area contributed by atoms with Gasteiger partial charge < -0.3 is 10.1 Å². The van der Waals surface area contributed by atoms with Crippen molar-refractivity contribution >= 4 is 0 Å². The van der Waals surface area contributed by atoms with Crippen LogP contribution in [0.15, 0.2) is 18.6 Å². The molecule has 0 aromatic carbocycles. The first-order valence-electron chi connectivity index (χ1n) is 6.90. The Morgan fingerprint density at radius 3 is 3.00 bits per heavy atom. The number of hydrogen-bond donors (Lipinski definition) is 1. The lowest BCUT2D eigenvalue weighted by Crippen LogP contribution is -2.47. The summed E-state index contributed by atoms with van der Waals surface area (Å²) in [4.78, 5) is 8.40. The predicted octanol–water partition coefficient (Wildman–Crippen LogP) is 2.09. The highest BCUT2D eigenvalue weighted by Gasteiger charge is 2.44. The molecule has 4 nitrogen and oxygen atoms in total. The van der Waals surface area contributed by atoms with Gasteiger partial charge in [-0.05, 0) is 51.1 Å². The van der Waals surface area contributed by atoms with Gasteiger partial charge in [0.2, 0.25) is 0 Å². The normalized spacial score (nSPS) is 27.7. The largest absolute Gasteiger partial charge is 0.375 e. The van der Waals surface area contributed by atoms with Crippen LogP contribution in [0.4, 0.5) is 0 Å². The molecule has 0 radical (unpaired) electrons. The second kappa shape index (κ2) is 4.94. The fourth-order valence-corrected chi connectivity index (χ4v) is 3.38.